The van der Waals surface area contributed by atoms with Crippen LogP contribution in [-0.2, 0) is 12.8 Å². The average Bonchev–Trinajstić information content (AvgIpc) is 2.58. The lowest BCUT2D eigenvalue weighted by atomic mass is 10.0. The molecule has 2 N–H and O–H groups in total. The van der Waals surface area contributed by atoms with E-state index >= 15 is 0 Å². The molecule has 0 spiro atoms. The van der Waals surface area contributed by atoms with Gasteiger partial charge in [-0.05, 0) is 54.3 Å². The number of rotatable bonds is 6. The first-order chi connectivity index (χ1) is 11.6. The fraction of sp³-hybridized carbons (Fsp3) is 0.300. The fourth-order valence-electron chi connectivity index (χ4n) is 2.66. The van der Waals surface area contributed by atoms with Crippen molar-refractivity contribution in [3.8, 4) is 11.8 Å². The van der Waals surface area contributed by atoms with Gasteiger partial charge in [0, 0.05) is 5.69 Å². The van der Waals surface area contributed by atoms with Crippen LogP contribution in [0.5, 0.6) is 5.75 Å². The summed E-state index contributed by atoms with van der Waals surface area (Å²) in [6.45, 7) is 4.12. The predicted octanol–water partition coefficient (Wildman–Crippen LogP) is 4.42. The Kier molecular flexibility index (Phi) is 5.97. The van der Waals surface area contributed by atoms with Crippen molar-refractivity contribution in [2.45, 2.75) is 39.5 Å². The molecule has 0 aliphatic carbocycles. The van der Waals surface area contributed by atoms with E-state index < -0.39 is 0 Å². The van der Waals surface area contributed by atoms with E-state index in [2.05, 4.69) is 18.3 Å². The molecular weight excluding hydrogens is 300 g/mol. The number of carbonyl (C=O) groups excluding carboxylic acids is 1. The molecule has 2 aromatic carbocycles. The van der Waals surface area contributed by atoms with Crippen LogP contribution in [0.25, 0.3) is 0 Å². The Morgan fingerprint density at radius 1 is 1.12 bits per heavy atom. The van der Waals surface area contributed by atoms with Crippen molar-refractivity contribution >= 4 is 11.6 Å². The Morgan fingerprint density at radius 3 is 2.54 bits per heavy atom. The van der Waals surface area contributed by atoms with Crippen molar-refractivity contribution in [2.24, 2.45) is 0 Å². The number of phenolic OH excluding ortho intramolecular Hbond substituents is 1. The van der Waals surface area contributed by atoms with Gasteiger partial charge in [-0.2, -0.15) is 5.26 Å². The van der Waals surface area contributed by atoms with Crippen LogP contribution in [0.2, 0.25) is 0 Å². The van der Waals surface area contributed by atoms with Crippen LogP contribution in [0.1, 0.15) is 53.7 Å². The molecule has 0 heterocycles. The average molecular weight is 322 g/mol. The van der Waals surface area contributed by atoms with Crippen LogP contribution in [0.4, 0.5) is 5.69 Å². The Balaban J connectivity index is 2.29. The monoisotopic (exact) mass is 322 g/mol. The Hall–Kier alpha value is -2.80. The zero-order valence-electron chi connectivity index (χ0n) is 14.1. The molecule has 0 aromatic heterocycles. The van der Waals surface area contributed by atoms with Crippen molar-refractivity contribution in [3.63, 3.8) is 0 Å². The maximum atomic E-state index is 12.6. The number of nitriles is 1. The molecule has 0 fully saturated rings. The van der Waals surface area contributed by atoms with Crippen LogP contribution in [0.15, 0.2) is 36.4 Å². The standard InChI is InChI=1S/C20H22N2O2/c1-3-5-14-8-10-19(23)17(12-14)20(24)22-18-9-7-15(13-21)11-16(18)6-4-2/h7-12,23H,3-6H2,1-2H3,(H,22,24). The second-order valence-corrected chi connectivity index (χ2v) is 5.79. The third-order valence-corrected chi connectivity index (χ3v) is 3.85. The number of hydrogen-bond acceptors (Lipinski definition) is 3. The smallest absolute Gasteiger partial charge is 0.259 e. The van der Waals surface area contributed by atoms with Crippen LogP contribution in [0, 0.1) is 11.3 Å². The van der Waals surface area contributed by atoms with Gasteiger partial charge in [-0.25, -0.2) is 0 Å². The molecule has 24 heavy (non-hydrogen) atoms. The van der Waals surface area contributed by atoms with Gasteiger partial charge in [0.1, 0.15) is 5.75 Å². The molecule has 1 amide bonds. The minimum Gasteiger partial charge on any atom is -0.507 e. The van der Waals surface area contributed by atoms with Gasteiger partial charge in [-0.15, -0.1) is 0 Å². The molecule has 0 atom stereocenters. The highest BCUT2D eigenvalue weighted by Crippen LogP contribution is 2.24. The summed E-state index contributed by atoms with van der Waals surface area (Å²) in [6.07, 6.45) is 3.52. The molecule has 0 aliphatic rings. The predicted molar refractivity (Wildman–Crippen MR) is 95.2 cm³/mol. The molecule has 4 nitrogen and oxygen atoms in total. The van der Waals surface area contributed by atoms with E-state index in [9.17, 15) is 9.90 Å². The van der Waals surface area contributed by atoms with Gasteiger partial charge < -0.3 is 10.4 Å². The topological polar surface area (TPSA) is 73.1 Å². The molecule has 0 saturated heterocycles. The first-order valence-corrected chi connectivity index (χ1v) is 8.25. The van der Waals surface area contributed by atoms with Crippen LogP contribution < -0.4 is 5.32 Å². The molecule has 2 aromatic rings. The van der Waals surface area contributed by atoms with Crippen LogP contribution in [0.3, 0.4) is 0 Å². The van der Waals surface area contributed by atoms with E-state index in [1.165, 1.54) is 0 Å². The maximum absolute atomic E-state index is 12.6. The quantitative estimate of drug-likeness (QED) is 0.826. The lowest BCUT2D eigenvalue weighted by molar-refractivity contribution is 0.102. The van der Waals surface area contributed by atoms with Gasteiger partial charge in [0.15, 0.2) is 0 Å². The van der Waals surface area contributed by atoms with Gasteiger partial charge in [-0.3, -0.25) is 4.79 Å². The molecule has 124 valence electrons. The molecule has 2 rings (SSSR count). The van der Waals surface area contributed by atoms with Gasteiger partial charge in [0.2, 0.25) is 0 Å². The summed E-state index contributed by atoms with van der Waals surface area (Å²) in [5.74, 6) is -0.370. The number of nitrogens with one attached hydrogen (secondary N) is 1. The summed E-state index contributed by atoms with van der Waals surface area (Å²) in [6, 6.07) is 12.5. The highest BCUT2D eigenvalue weighted by Gasteiger charge is 2.14. The third-order valence-electron chi connectivity index (χ3n) is 3.85. The van der Waals surface area contributed by atoms with E-state index in [0.29, 0.717) is 11.3 Å². The van der Waals surface area contributed by atoms with Crippen LogP contribution in [-0.4, -0.2) is 11.0 Å². The van der Waals surface area contributed by atoms with Gasteiger partial charge >= 0.3 is 0 Å². The number of benzene rings is 2. The summed E-state index contributed by atoms with van der Waals surface area (Å²) in [4.78, 5) is 12.6. The van der Waals surface area contributed by atoms with Crippen molar-refractivity contribution in [1.29, 1.82) is 5.26 Å². The zero-order chi connectivity index (χ0) is 17.5. The number of aromatic hydroxyl groups is 1. The van der Waals surface area contributed by atoms with E-state index in [-0.39, 0.29) is 17.2 Å². The third kappa shape index (κ3) is 4.14. The summed E-state index contributed by atoms with van der Waals surface area (Å²) < 4.78 is 0. The number of nitrogens with zero attached hydrogens (tertiary/aromatic N) is 1. The normalized spacial score (nSPS) is 10.2. The lowest BCUT2D eigenvalue weighted by Crippen LogP contribution is -2.14. The zero-order valence-corrected chi connectivity index (χ0v) is 14.1. The lowest BCUT2D eigenvalue weighted by Gasteiger charge is -2.12. The Labute approximate surface area is 142 Å². The van der Waals surface area contributed by atoms with Gasteiger partial charge in [0.05, 0.1) is 17.2 Å². The van der Waals surface area contributed by atoms with Crippen molar-refractivity contribution in [1.82, 2.24) is 0 Å². The fourth-order valence-corrected chi connectivity index (χ4v) is 2.66. The SMILES string of the molecule is CCCc1ccc(O)c(C(=O)Nc2ccc(C#N)cc2CCC)c1. The van der Waals surface area contributed by atoms with E-state index in [1.54, 1.807) is 30.3 Å². The highest BCUT2D eigenvalue weighted by atomic mass is 16.3. The van der Waals surface area contributed by atoms with E-state index in [1.807, 2.05) is 13.0 Å². The molecule has 0 bridgehead atoms. The molecule has 4 heteroatoms. The molecule has 0 unspecified atom stereocenters. The van der Waals surface area contributed by atoms with Crippen molar-refractivity contribution in [3.05, 3.63) is 58.7 Å². The second-order valence-electron chi connectivity index (χ2n) is 5.79. The second kappa shape index (κ2) is 8.16. The number of carbonyl (C=O) groups is 1. The summed E-state index contributed by atoms with van der Waals surface area (Å²) in [5, 5.41) is 21.9. The highest BCUT2D eigenvalue weighted by molar-refractivity contribution is 6.06. The number of aryl methyl sites for hydroxylation is 2. The summed E-state index contributed by atoms with van der Waals surface area (Å²) >= 11 is 0. The minimum atomic E-state index is -0.340. The van der Waals surface area contributed by atoms with E-state index in [4.69, 9.17) is 5.26 Å². The molecule has 0 radical (unpaired) electrons. The molecular formula is C20H22N2O2. The van der Waals surface area contributed by atoms with E-state index in [0.717, 1.165) is 36.8 Å². The van der Waals surface area contributed by atoms with Crippen LogP contribution >= 0.6 is 0 Å². The maximum Gasteiger partial charge on any atom is 0.259 e. The summed E-state index contributed by atoms with van der Waals surface area (Å²) in [7, 11) is 0. The number of hydrogen-bond donors (Lipinski definition) is 2. The van der Waals surface area contributed by atoms with Gasteiger partial charge in [-0.1, -0.05) is 32.8 Å². The van der Waals surface area contributed by atoms with Crippen molar-refractivity contribution in [2.75, 3.05) is 5.32 Å². The first kappa shape index (κ1) is 17.6. The number of phenols is 1. The van der Waals surface area contributed by atoms with Gasteiger partial charge in [0.25, 0.3) is 5.91 Å². The summed E-state index contributed by atoms with van der Waals surface area (Å²) in [5.41, 5.74) is 3.47. The Morgan fingerprint density at radius 2 is 1.88 bits per heavy atom. The first-order valence-electron chi connectivity index (χ1n) is 8.25. The Bertz CT molecular complexity index is 776. The number of anilines is 1. The molecule has 0 saturated carbocycles. The largest absolute Gasteiger partial charge is 0.507 e. The number of amides is 1. The van der Waals surface area contributed by atoms with Crippen molar-refractivity contribution < 1.29 is 9.90 Å². The molecule has 0 aliphatic heterocycles. The minimum absolute atomic E-state index is 0.0296.